The van der Waals surface area contributed by atoms with Crippen molar-refractivity contribution in [2.24, 2.45) is 5.92 Å². The third-order valence-electron chi connectivity index (χ3n) is 6.43. The fourth-order valence-corrected chi connectivity index (χ4v) is 5.00. The van der Waals surface area contributed by atoms with Gasteiger partial charge < -0.3 is 25.0 Å². The Kier molecular flexibility index (Phi) is 5.08. The van der Waals surface area contributed by atoms with Crippen LogP contribution < -0.4 is 14.8 Å². The van der Waals surface area contributed by atoms with Gasteiger partial charge in [-0.15, -0.1) is 0 Å². The van der Waals surface area contributed by atoms with E-state index in [9.17, 15) is 19.4 Å². The maximum atomic E-state index is 14.4. The number of carbonyl (C=O) groups excluding carboxylic acids is 1. The van der Waals surface area contributed by atoms with Crippen LogP contribution in [0.3, 0.4) is 0 Å². The van der Waals surface area contributed by atoms with Gasteiger partial charge in [0.25, 0.3) is 5.91 Å². The summed E-state index contributed by atoms with van der Waals surface area (Å²) >= 11 is 0. The maximum Gasteiger partial charge on any atom is 0.262 e. The van der Waals surface area contributed by atoms with Crippen LogP contribution in [0.5, 0.6) is 11.5 Å². The molecule has 7 nitrogen and oxygen atoms in total. The van der Waals surface area contributed by atoms with Crippen molar-refractivity contribution < 1.29 is 28.9 Å². The zero-order valence-electron chi connectivity index (χ0n) is 17.0. The number of amides is 1. The van der Waals surface area contributed by atoms with E-state index in [0.717, 1.165) is 12.2 Å². The van der Waals surface area contributed by atoms with E-state index in [1.54, 1.807) is 6.07 Å². The number of rotatable bonds is 5. The van der Waals surface area contributed by atoms with Crippen LogP contribution in [0.4, 0.5) is 10.1 Å². The number of nitrogens with zero attached hydrogens (tertiary/aromatic N) is 1. The number of benzene rings is 2. The summed E-state index contributed by atoms with van der Waals surface area (Å²) < 4.78 is 25.7. The third kappa shape index (κ3) is 3.98. The predicted molar refractivity (Wildman–Crippen MR) is 110 cm³/mol. The Balaban J connectivity index is 1.21. The van der Waals surface area contributed by atoms with E-state index in [1.807, 2.05) is 35.2 Å². The van der Waals surface area contributed by atoms with Crippen LogP contribution in [0.15, 0.2) is 42.5 Å². The number of β-amino-alcohol motifs (C(OH)–C–C–N with tert-alkyl or cyclic N) is 2. The molecular weight excluding hydrogens is 403 g/mol. The lowest BCUT2D eigenvalue weighted by Crippen LogP contribution is -2.36. The fourth-order valence-electron chi connectivity index (χ4n) is 5.00. The highest BCUT2D eigenvalue weighted by atomic mass is 19.1. The highest BCUT2D eigenvalue weighted by Gasteiger charge is 2.52. The molecule has 2 fully saturated rings. The van der Waals surface area contributed by atoms with Gasteiger partial charge in [0.1, 0.15) is 23.3 Å². The third-order valence-corrected chi connectivity index (χ3v) is 6.43. The van der Waals surface area contributed by atoms with Gasteiger partial charge in [-0.3, -0.25) is 9.69 Å². The summed E-state index contributed by atoms with van der Waals surface area (Å²) in [7, 11) is 0. The zero-order chi connectivity index (χ0) is 21.6. The normalized spacial score (nSPS) is 28.4. The minimum Gasteiger partial charge on any atom is -0.490 e. The molecule has 0 spiro atoms. The molecule has 0 bridgehead atoms. The summed E-state index contributed by atoms with van der Waals surface area (Å²) in [5, 5.41) is 24.3. The smallest absolute Gasteiger partial charge is 0.262 e. The molecule has 5 rings (SSSR count). The van der Waals surface area contributed by atoms with E-state index in [4.69, 9.17) is 9.47 Å². The Morgan fingerprint density at radius 3 is 2.90 bits per heavy atom. The average Bonchev–Trinajstić information content (AvgIpc) is 3.19. The van der Waals surface area contributed by atoms with Crippen molar-refractivity contribution in [1.82, 2.24) is 4.90 Å². The van der Waals surface area contributed by atoms with Crippen LogP contribution >= 0.6 is 0 Å². The number of halogens is 1. The summed E-state index contributed by atoms with van der Waals surface area (Å²) in [5.74, 6) is 0.0263. The zero-order valence-corrected chi connectivity index (χ0v) is 17.0. The molecule has 2 heterocycles. The van der Waals surface area contributed by atoms with Crippen molar-refractivity contribution >= 4 is 11.6 Å². The van der Waals surface area contributed by atoms with Crippen LogP contribution in [-0.4, -0.2) is 59.0 Å². The van der Waals surface area contributed by atoms with E-state index in [2.05, 4.69) is 5.32 Å². The van der Waals surface area contributed by atoms with Crippen molar-refractivity contribution in [1.29, 1.82) is 0 Å². The Morgan fingerprint density at radius 1 is 1.32 bits per heavy atom. The molecule has 1 amide bonds. The molecule has 1 saturated heterocycles. The standard InChI is InChI=1S/C23H25FN2O5/c24-18-6-14(7-20-22(18)25-21(28)12-30-20)19(27)11-26-10-15-8-17(9-23(15,29)13-26)31-16-4-2-1-3-5-16/h1-7,15,17,19,27,29H,8-13H2,(H,25,28)/t15-,17+,19+,23-/m1/s1. The number of aliphatic hydroxyl groups excluding tert-OH is 1. The summed E-state index contributed by atoms with van der Waals surface area (Å²) in [6.07, 6.45) is 0.311. The molecule has 0 radical (unpaired) electrons. The predicted octanol–water partition coefficient (Wildman–Crippen LogP) is 2.09. The van der Waals surface area contributed by atoms with Crippen LogP contribution in [-0.2, 0) is 4.79 Å². The Hall–Kier alpha value is -2.68. The molecule has 0 aromatic heterocycles. The van der Waals surface area contributed by atoms with Gasteiger partial charge >= 0.3 is 0 Å². The van der Waals surface area contributed by atoms with Gasteiger partial charge in [0.15, 0.2) is 12.4 Å². The largest absolute Gasteiger partial charge is 0.490 e. The first-order valence-corrected chi connectivity index (χ1v) is 10.5. The number of para-hydroxylation sites is 1. The first kappa shape index (κ1) is 20.2. The van der Waals surface area contributed by atoms with E-state index in [-0.39, 0.29) is 36.6 Å². The van der Waals surface area contributed by atoms with Crippen molar-refractivity contribution in [2.75, 3.05) is 31.6 Å². The molecule has 3 aliphatic rings. The molecule has 31 heavy (non-hydrogen) atoms. The van der Waals surface area contributed by atoms with Gasteiger partial charge in [-0.2, -0.15) is 0 Å². The van der Waals surface area contributed by atoms with Gasteiger partial charge in [-0.1, -0.05) is 18.2 Å². The second-order valence-electron chi connectivity index (χ2n) is 8.72. The number of likely N-dealkylation sites (tertiary alicyclic amines) is 1. The molecule has 2 aromatic rings. The SMILES string of the molecule is O=C1COc2cc([C@@H](O)CN3C[C@H]4C[C@H](Oc5ccccc5)C[C@@]4(O)C3)cc(F)c2N1. The lowest BCUT2D eigenvalue weighted by Gasteiger charge is -2.26. The first-order valence-electron chi connectivity index (χ1n) is 10.5. The Morgan fingerprint density at radius 2 is 2.13 bits per heavy atom. The molecule has 1 saturated carbocycles. The minimum atomic E-state index is -0.945. The molecule has 3 N–H and O–H groups in total. The number of ether oxygens (including phenoxy) is 2. The van der Waals surface area contributed by atoms with Crippen molar-refractivity contribution in [3.8, 4) is 11.5 Å². The van der Waals surface area contributed by atoms with E-state index >= 15 is 0 Å². The minimum absolute atomic E-state index is 0.00155. The summed E-state index contributed by atoms with van der Waals surface area (Å²) in [6, 6.07) is 12.4. The number of nitrogens with one attached hydrogen (secondary N) is 1. The molecule has 8 heteroatoms. The second-order valence-corrected chi connectivity index (χ2v) is 8.72. The van der Waals surface area contributed by atoms with Crippen LogP contribution in [0.1, 0.15) is 24.5 Å². The van der Waals surface area contributed by atoms with Crippen molar-refractivity contribution in [3.63, 3.8) is 0 Å². The number of anilines is 1. The van der Waals surface area contributed by atoms with E-state index in [1.165, 1.54) is 6.07 Å². The highest BCUT2D eigenvalue weighted by Crippen LogP contribution is 2.43. The van der Waals surface area contributed by atoms with Crippen LogP contribution in [0.2, 0.25) is 0 Å². The molecular formula is C23H25FN2O5. The summed E-state index contributed by atoms with van der Waals surface area (Å²) in [6.45, 7) is 1.16. The second kappa shape index (κ2) is 7.78. The molecule has 0 unspecified atom stereocenters. The summed E-state index contributed by atoms with van der Waals surface area (Å²) in [4.78, 5) is 13.4. The quantitative estimate of drug-likeness (QED) is 0.676. The topological polar surface area (TPSA) is 91.3 Å². The van der Waals surface area contributed by atoms with E-state index < -0.39 is 23.4 Å². The molecule has 1 aliphatic carbocycles. The Bertz CT molecular complexity index is 987. The van der Waals surface area contributed by atoms with Gasteiger partial charge in [-0.05, 0) is 36.2 Å². The average molecular weight is 428 g/mol. The molecule has 4 atom stereocenters. The van der Waals surface area contributed by atoms with E-state index in [0.29, 0.717) is 25.1 Å². The highest BCUT2D eigenvalue weighted by molar-refractivity contribution is 5.95. The van der Waals surface area contributed by atoms with Crippen molar-refractivity contribution in [2.45, 2.75) is 30.7 Å². The maximum absolute atomic E-state index is 14.4. The number of carbonyl (C=O) groups is 1. The van der Waals surface area contributed by atoms with Gasteiger partial charge in [0.2, 0.25) is 0 Å². The van der Waals surface area contributed by atoms with Gasteiger partial charge in [0, 0.05) is 32.0 Å². The first-order chi connectivity index (χ1) is 14.9. The van der Waals surface area contributed by atoms with Gasteiger partial charge in [-0.25, -0.2) is 4.39 Å². The number of fused-ring (bicyclic) bond motifs is 2. The fraction of sp³-hybridized carbons (Fsp3) is 0.435. The lowest BCUT2D eigenvalue weighted by molar-refractivity contribution is -0.118. The number of hydrogen-bond acceptors (Lipinski definition) is 6. The monoisotopic (exact) mass is 428 g/mol. The molecule has 2 aromatic carbocycles. The molecule has 164 valence electrons. The molecule has 2 aliphatic heterocycles. The Labute approximate surface area is 179 Å². The number of hydrogen-bond donors (Lipinski definition) is 3. The lowest BCUT2D eigenvalue weighted by atomic mass is 9.95. The summed E-state index contributed by atoms with van der Waals surface area (Å²) in [5.41, 5.74) is -0.475. The van der Waals surface area contributed by atoms with Crippen LogP contribution in [0.25, 0.3) is 0 Å². The number of aliphatic hydroxyl groups is 2. The van der Waals surface area contributed by atoms with Crippen LogP contribution in [0, 0.1) is 11.7 Å². The van der Waals surface area contributed by atoms with Crippen molar-refractivity contribution in [3.05, 3.63) is 53.8 Å². The van der Waals surface area contributed by atoms with Gasteiger partial charge in [0.05, 0.1) is 11.7 Å².